The van der Waals surface area contributed by atoms with Crippen LogP contribution in [0.5, 0.6) is 5.75 Å². The molecule has 0 bridgehead atoms. The van der Waals surface area contributed by atoms with E-state index in [4.69, 9.17) is 0 Å². The highest BCUT2D eigenvalue weighted by Crippen LogP contribution is 2.34. The molecule has 0 atom stereocenters. The highest BCUT2D eigenvalue weighted by Gasteiger charge is 2.22. The van der Waals surface area contributed by atoms with Crippen molar-refractivity contribution in [2.75, 3.05) is 19.6 Å². The molecule has 138 valence electrons. The summed E-state index contributed by atoms with van der Waals surface area (Å²) in [4.78, 5) is 5.92. The first-order valence-corrected chi connectivity index (χ1v) is 9.76. The summed E-state index contributed by atoms with van der Waals surface area (Å²) >= 11 is 0. The number of rotatable bonds is 6. The van der Waals surface area contributed by atoms with Crippen LogP contribution in [-0.4, -0.2) is 44.4 Å². The maximum absolute atomic E-state index is 9.80. The Labute approximate surface area is 154 Å². The van der Waals surface area contributed by atoms with Gasteiger partial charge in [-0.3, -0.25) is 4.68 Å². The van der Waals surface area contributed by atoms with Crippen LogP contribution >= 0.6 is 0 Å². The molecule has 1 saturated heterocycles. The Bertz CT molecular complexity index is 858. The number of hydrogen-bond acceptors (Lipinski definition) is 3. The van der Waals surface area contributed by atoms with Crippen LogP contribution in [0, 0.1) is 0 Å². The Morgan fingerprint density at radius 3 is 2.88 bits per heavy atom. The van der Waals surface area contributed by atoms with Gasteiger partial charge in [-0.25, -0.2) is 0 Å². The SMILES string of the molecule is CCCn1cc(CCN2CCC(c3c[nH]c4ccc(O)cc34)CC2)cn1. The van der Waals surface area contributed by atoms with Gasteiger partial charge in [0, 0.05) is 36.4 Å². The smallest absolute Gasteiger partial charge is 0.116 e. The third kappa shape index (κ3) is 3.63. The van der Waals surface area contributed by atoms with Crippen molar-refractivity contribution in [3.63, 3.8) is 0 Å². The predicted octanol–water partition coefficient (Wildman–Crippen LogP) is 3.90. The van der Waals surface area contributed by atoms with Crippen molar-refractivity contribution >= 4 is 10.9 Å². The lowest BCUT2D eigenvalue weighted by Gasteiger charge is -2.31. The van der Waals surface area contributed by atoms with E-state index in [9.17, 15) is 5.11 Å². The molecule has 1 aromatic carbocycles. The number of aromatic hydroxyl groups is 1. The molecule has 1 aliphatic rings. The van der Waals surface area contributed by atoms with Crippen LogP contribution < -0.4 is 0 Å². The van der Waals surface area contributed by atoms with E-state index in [1.54, 1.807) is 6.07 Å². The van der Waals surface area contributed by atoms with Gasteiger partial charge < -0.3 is 15.0 Å². The van der Waals surface area contributed by atoms with Crippen molar-refractivity contribution in [3.05, 3.63) is 47.9 Å². The molecular formula is C21H28N4O. The highest BCUT2D eigenvalue weighted by atomic mass is 16.3. The maximum Gasteiger partial charge on any atom is 0.116 e. The molecule has 0 amide bonds. The molecule has 1 aliphatic heterocycles. The molecule has 5 heteroatoms. The Kier molecular flexibility index (Phi) is 4.98. The van der Waals surface area contributed by atoms with Gasteiger partial charge in [0.15, 0.2) is 0 Å². The zero-order valence-electron chi connectivity index (χ0n) is 15.5. The Balaban J connectivity index is 1.32. The van der Waals surface area contributed by atoms with Crippen molar-refractivity contribution in [1.29, 1.82) is 0 Å². The molecule has 3 aromatic rings. The Morgan fingerprint density at radius 1 is 1.23 bits per heavy atom. The minimum absolute atomic E-state index is 0.347. The minimum Gasteiger partial charge on any atom is -0.508 e. The summed E-state index contributed by atoms with van der Waals surface area (Å²) in [6.45, 7) is 6.57. The van der Waals surface area contributed by atoms with Gasteiger partial charge >= 0.3 is 0 Å². The number of hydrogen-bond donors (Lipinski definition) is 2. The lowest BCUT2D eigenvalue weighted by atomic mass is 9.89. The summed E-state index contributed by atoms with van der Waals surface area (Å²) in [5.41, 5.74) is 3.81. The molecule has 2 aromatic heterocycles. The van der Waals surface area contributed by atoms with Crippen molar-refractivity contribution in [2.45, 2.75) is 45.1 Å². The standard InChI is InChI=1S/C21H28N4O/c1-2-8-25-15-16(13-23-25)5-9-24-10-6-17(7-11-24)20-14-22-21-4-3-18(26)12-19(20)21/h3-4,12-15,17,22,26H,2,5-11H2,1H3. The summed E-state index contributed by atoms with van der Waals surface area (Å²) in [6.07, 6.45) is 10.9. The van der Waals surface area contributed by atoms with Crippen LogP contribution in [0.3, 0.4) is 0 Å². The molecule has 0 saturated carbocycles. The van der Waals surface area contributed by atoms with Gasteiger partial charge in [0.25, 0.3) is 0 Å². The molecule has 26 heavy (non-hydrogen) atoms. The number of likely N-dealkylation sites (tertiary alicyclic amines) is 1. The van der Waals surface area contributed by atoms with Gasteiger partial charge in [-0.1, -0.05) is 6.92 Å². The normalized spacial score (nSPS) is 16.5. The number of aromatic nitrogens is 3. The first-order chi connectivity index (χ1) is 12.7. The van der Waals surface area contributed by atoms with Gasteiger partial charge in [0.05, 0.1) is 6.20 Å². The second-order valence-electron chi connectivity index (χ2n) is 7.45. The summed E-state index contributed by atoms with van der Waals surface area (Å²) in [5, 5.41) is 15.4. The van der Waals surface area contributed by atoms with Gasteiger partial charge in [-0.05, 0) is 74.0 Å². The van der Waals surface area contributed by atoms with Crippen LogP contribution in [0.25, 0.3) is 10.9 Å². The number of aryl methyl sites for hydroxylation is 1. The van der Waals surface area contributed by atoms with E-state index < -0.39 is 0 Å². The second kappa shape index (κ2) is 7.54. The number of nitrogens with one attached hydrogen (secondary N) is 1. The Hall–Kier alpha value is -2.27. The number of fused-ring (bicyclic) bond motifs is 1. The van der Waals surface area contributed by atoms with Crippen molar-refractivity contribution in [1.82, 2.24) is 19.7 Å². The van der Waals surface area contributed by atoms with Crippen LogP contribution in [0.1, 0.15) is 43.2 Å². The third-order valence-electron chi connectivity index (χ3n) is 5.58. The zero-order chi connectivity index (χ0) is 17.9. The average Bonchev–Trinajstić information content (AvgIpc) is 3.27. The number of nitrogens with zero attached hydrogens (tertiary/aromatic N) is 3. The molecule has 3 heterocycles. The van der Waals surface area contributed by atoms with E-state index >= 15 is 0 Å². The van der Waals surface area contributed by atoms with Crippen molar-refractivity contribution in [3.8, 4) is 5.75 Å². The molecule has 0 spiro atoms. The van der Waals surface area contributed by atoms with E-state index in [0.29, 0.717) is 11.7 Å². The van der Waals surface area contributed by atoms with Crippen LogP contribution in [-0.2, 0) is 13.0 Å². The zero-order valence-corrected chi connectivity index (χ0v) is 15.5. The van der Waals surface area contributed by atoms with E-state index in [-0.39, 0.29) is 0 Å². The quantitative estimate of drug-likeness (QED) is 0.707. The van der Waals surface area contributed by atoms with E-state index in [0.717, 1.165) is 44.5 Å². The highest BCUT2D eigenvalue weighted by molar-refractivity contribution is 5.85. The third-order valence-corrected chi connectivity index (χ3v) is 5.58. The number of benzene rings is 1. The van der Waals surface area contributed by atoms with Gasteiger partial charge in [-0.2, -0.15) is 5.10 Å². The van der Waals surface area contributed by atoms with Crippen LogP contribution in [0.15, 0.2) is 36.8 Å². The number of aromatic amines is 1. The average molecular weight is 352 g/mol. The molecule has 4 rings (SSSR count). The van der Waals surface area contributed by atoms with Crippen molar-refractivity contribution in [2.24, 2.45) is 0 Å². The fourth-order valence-electron chi connectivity index (χ4n) is 4.11. The first kappa shape index (κ1) is 17.2. The van der Waals surface area contributed by atoms with Gasteiger partial charge in [0.2, 0.25) is 0 Å². The fraction of sp³-hybridized carbons (Fsp3) is 0.476. The van der Waals surface area contributed by atoms with Gasteiger partial charge in [0.1, 0.15) is 5.75 Å². The number of piperidine rings is 1. The first-order valence-electron chi connectivity index (χ1n) is 9.76. The van der Waals surface area contributed by atoms with Crippen molar-refractivity contribution < 1.29 is 5.11 Å². The molecular weight excluding hydrogens is 324 g/mol. The van der Waals surface area contributed by atoms with Gasteiger partial charge in [-0.15, -0.1) is 0 Å². The lowest BCUT2D eigenvalue weighted by molar-refractivity contribution is 0.215. The molecule has 0 unspecified atom stereocenters. The molecule has 5 nitrogen and oxygen atoms in total. The number of phenols is 1. The number of phenolic OH excluding ortho intramolecular Hbond substituents is 1. The minimum atomic E-state index is 0.347. The Morgan fingerprint density at radius 2 is 2.08 bits per heavy atom. The summed E-state index contributed by atoms with van der Waals surface area (Å²) in [5.74, 6) is 0.925. The summed E-state index contributed by atoms with van der Waals surface area (Å²) in [6, 6.07) is 5.59. The molecule has 0 aliphatic carbocycles. The largest absolute Gasteiger partial charge is 0.508 e. The van der Waals surface area contributed by atoms with Crippen LogP contribution in [0.2, 0.25) is 0 Å². The second-order valence-corrected chi connectivity index (χ2v) is 7.45. The summed E-state index contributed by atoms with van der Waals surface area (Å²) < 4.78 is 2.05. The van der Waals surface area contributed by atoms with Crippen LogP contribution in [0.4, 0.5) is 0 Å². The monoisotopic (exact) mass is 352 g/mol. The topological polar surface area (TPSA) is 57.1 Å². The molecule has 1 fully saturated rings. The predicted molar refractivity (Wildman–Crippen MR) is 105 cm³/mol. The van der Waals surface area contributed by atoms with E-state index in [1.165, 1.54) is 29.4 Å². The van der Waals surface area contributed by atoms with E-state index in [1.807, 2.05) is 23.0 Å². The summed E-state index contributed by atoms with van der Waals surface area (Å²) in [7, 11) is 0. The lowest BCUT2D eigenvalue weighted by Crippen LogP contribution is -2.34. The number of H-pyrrole nitrogens is 1. The maximum atomic E-state index is 9.80. The molecule has 0 radical (unpaired) electrons. The van der Waals surface area contributed by atoms with E-state index in [2.05, 4.69) is 34.3 Å². The fourth-order valence-corrected chi connectivity index (χ4v) is 4.11. The molecule has 2 N–H and O–H groups in total.